The predicted octanol–water partition coefficient (Wildman–Crippen LogP) is 6.56. The minimum atomic E-state index is -4.17. The van der Waals surface area contributed by atoms with E-state index in [-0.39, 0.29) is 24.8 Å². The van der Waals surface area contributed by atoms with E-state index in [0.29, 0.717) is 42.2 Å². The molecule has 0 spiro atoms. The van der Waals surface area contributed by atoms with Crippen molar-refractivity contribution in [1.82, 2.24) is 15.2 Å². The Morgan fingerprint density at radius 3 is 2.42 bits per heavy atom. The van der Waals surface area contributed by atoms with Crippen LogP contribution in [-0.2, 0) is 17.8 Å². The molecule has 7 nitrogen and oxygen atoms in total. The number of hydrogen-bond donors (Lipinski definition) is 2. The number of rotatable bonds is 9. The molecule has 2 N–H and O–H groups in total. The quantitative estimate of drug-likeness (QED) is 0.205. The van der Waals surface area contributed by atoms with Crippen LogP contribution in [0.25, 0.3) is 22.0 Å². The molecule has 0 radical (unpaired) electrons. The number of alkyl halides is 3. The summed E-state index contributed by atoms with van der Waals surface area (Å²) >= 11 is 0. The monoisotopic (exact) mass is 623 g/mol. The maximum Gasteiger partial charge on any atom is 0.391 e. The number of aliphatic carboxylic acids is 1. The number of carboxylic acids is 1. The Kier molecular flexibility index (Phi) is 9.38. The van der Waals surface area contributed by atoms with Gasteiger partial charge in [-0.2, -0.15) is 13.2 Å². The number of pyridine rings is 1. The highest BCUT2D eigenvalue weighted by atomic mass is 19.4. The van der Waals surface area contributed by atoms with Crippen LogP contribution in [-0.4, -0.2) is 59.3 Å². The van der Waals surface area contributed by atoms with Crippen molar-refractivity contribution in [1.29, 1.82) is 0 Å². The van der Waals surface area contributed by atoms with Crippen molar-refractivity contribution < 1.29 is 37.0 Å². The van der Waals surface area contributed by atoms with Crippen molar-refractivity contribution >= 4 is 22.6 Å². The number of piperidine rings is 1. The second kappa shape index (κ2) is 13.2. The van der Waals surface area contributed by atoms with E-state index in [1.807, 2.05) is 35.2 Å². The molecule has 0 aliphatic carbocycles. The number of carbonyl (C=O) groups excluding carboxylic acids is 1. The van der Waals surface area contributed by atoms with Crippen LogP contribution in [0.4, 0.5) is 17.6 Å². The first-order valence-corrected chi connectivity index (χ1v) is 14.6. The molecule has 1 aliphatic rings. The molecule has 1 aliphatic heterocycles. The molecule has 236 valence electrons. The van der Waals surface area contributed by atoms with Gasteiger partial charge in [0.05, 0.1) is 18.6 Å². The van der Waals surface area contributed by atoms with Crippen LogP contribution in [0, 0.1) is 18.7 Å². The SMILES string of the molecule is COc1cc(CN2CCC(C(F)(F)F)CC2)cnc1-c1cccc2c(C[C@H](NC(=O)c3c(C)cccc3F)C(=O)O)cccc12. The number of aryl methyl sites for hydroxylation is 1. The first-order chi connectivity index (χ1) is 21.5. The van der Waals surface area contributed by atoms with Gasteiger partial charge in [-0.15, -0.1) is 0 Å². The minimum absolute atomic E-state index is 0.0517. The van der Waals surface area contributed by atoms with Crippen LogP contribution in [0.3, 0.4) is 0 Å². The van der Waals surface area contributed by atoms with Gasteiger partial charge in [0.25, 0.3) is 5.91 Å². The van der Waals surface area contributed by atoms with Gasteiger partial charge in [-0.3, -0.25) is 14.7 Å². The molecule has 5 rings (SSSR count). The molecule has 1 aromatic heterocycles. The number of carbonyl (C=O) groups is 2. The van der Waals surface area contributed by atoms with Gasteiger partial charge in [-0.05, 0) is 72.5 Å². The highest BCUT2D eigenvalue weighted by Crippen LogP contribution is 2.37. The normalized spacial score (nSPS) is 15.2. The molecule has 1 amide bonds. The lowest BCUT2D eigenvalue weighted by Crippen LogP contribution is -2.42. The zero-order valence-corrected chi connectivity index (χ0v) is 24.8. The van der Waals surface area contributed by atoms with E-state index in [0.717, 1.165) is 28.0 Å². The number of amides is 1. The highest BCUT2D eigenvalue weighted by molar-refractivity contribution is 6.00. The van der Waals surface area contributed by atoms with E-state index >= 15 is 0 Å². The van der Waals surface area contributed by atoms with Crippen LogP contribution >= 0.6 is 0 Å². The molecule has 1 fully saturated rings. The fraction of sp³-hybridized carbons (Fsp3) is 0.324. The fourth-order valence-corrected chi connectivity index (χ4v) is 5.94. The molecule has 0 unspecified atom stereocenters. The van der Waals surface area contributed by atoms with Crippen molar-refractivity contribution in [2.45, 2.75) is 44.9 Å². The van der Waals surface area contributed by atoms with Gasteiger partial charge < -0.3 is 15.2 Å². The van der Waals surface area contributed by atoms with Gasteiger partial charge in [-0.1, -0.05) is 48.5 Å². The molecule has 2 heterocycles. The zero-order valence-electron chi connectivity index (χ0n) is 24.8. The Morgan fingerprint density at radius 2 is 1.76 bits per heavy atom. The average Bonchev–Trinajstić information content (AvgIpc) is 3.00. The number of ether oxygens (including phenoxy) is 1. The fourth-order valence-electron chi connectivity index (χ4n) is 5.94. The molecular formula is C34H33F4N3O4. The molecule has 11 heteroatoms. The zero-order chi connectivity index (χ0) is 32.3. The lowest BCUT2D eigenvalue weighted by atomic mass is 9.94. The predicted molar refractivity (Wildman–Crippen MR) is 162 cm³/mol. The van der Waals surface area contributed by atoms with Crippen LogP contribution in [0.15, 0.2) is 66.9 Å². The summed E-state index contributed by atoms with van der Waals surface area (Å²) in [6.07, 6.45) is -2.39. The summed E-state index contributed by atoms with van der Waals surface area (Å²) in [6.45, 7) is 2.72. The number of carboxylic acid groups (broad SMARTS) is 1. The second-order valence-electron chi connectivity index (χ2n) is 11.3. The van der Waals surface area contributed by atoms with E-state index in [1.165, 1.54) is 13.2 Å². The van der Waals surface area contributed by atoms with Gasteiger partial charge in [0.1, 0.15) is 23.3 Å². The standard InChI is InChI=1S/C34H33F4N3O4/c1-20-6-3-11-27(35)30(20)32(42)40-28(33(43)44)17-22-7-4-9-25-24(22)8-5-10-26(25)31-29(45-2)16-21(18-39-31)19-41-14-12-23(13-15-41)34(36,37)38/h3-11,16,18,23,28H,12-15,17,19H2,1-2H3,(H,40,42)(H,43,44)/t28-/m0/s1. The summed E-state index contributed by atoms with van der Waals surface area (Å²) in [5, 5.41) is 13.9. The number of likely N-dealkylation sites (tertiary alicyclic amines) is 1. The maximum absolute atomic E-state index is 14.4. The number of aromatic nitrogens is 1. The molecular weight excluding hydrogens is 590 g/mol. The lowest BCUT2D eigenvalue weighted by molar-refractivity contribution is -0.185. The summed E-state index contributed by atoms with van der Waals surface area (Å²) in [7, 11) is 1.52. The van der Waals surface area contributed by atoms with Gasteiger partial charge >= 0.3 is 12.1 Å². The highest BCUT2D eigenvalue weighted by Gasteiger charge is 2.41. The first-order valence-electron chi connectivity index (χ1n) is 14.6. The number of fused-ring (bicyclic) bond motifs is 1. The van der Waals surface area contributed by atoms with Gasteiger partial charge in [0.2, 0.25) is 0 Å². The van der Waals surface area contributed by atoms with Crippen molar-refractivity contribution in [2.75, 3.05) is 20.2 Å². The average molecular weight is 624 g/mol. The molecule has 0 saturated carbocycles. The topological polar surface area (TPSA) is 91.8 Å². The van der Waals surface area contributed by atoms with Crippen LogP contribution in [0.1, 0.15) is 39.9 Å². The summed E-state index contributed by atoms with van der Waals surface area (Å²) in [5.41, 5.74) is 2.96. The summed E-state index contributed by atoms with van der Waals surface area (Å²) in [6, 6.07) is 15.7. The Labute approximate surface area is 257 Å². The number of hydrogen-bond acceptors (Lipinski definition) is 5. The molecule has 1 atom stereocenters. The van der Waals surface area contributed by atoms with E-state index in [4.69, 9.17) is 4.74 Å². The molecule has 0 bridgehead atoms. The smallest absolute Gasteiger partial charge is 0.391 e. The van der Waals surface area contributed by atoms with Crippen molar-refractivity contribution in [2.24, 2.45) is 5.92 Å². The number of nitrogens with one attached hydrogen (secondary N) is 1. The summed E-state index contributed by atoms with van der Waals surface area (Å²) < 4.78 is 59.3. The molecule has 3 aromatic carbocycles. The van der Waals surface area contributed by atoms with E-state index in [2.05, 4.69) is 10.3 Å². The van der Waals surface area contributed by atoms with Crippen molar-refractivity contribution in [3.8, 4) is 17.0 Å². The van der Waals surface area contributed by atoms with Gasteiger partial charge in [0.15, 0.2) is 0 Å². The second-order valence-corrected chi connectivity index (χ2v) is 11.3. The van der Waals surface area contributed by atoms with Gasteiger partial charge in [-0.25, -0.2) is 9.18 Å². The van der Waals surface area contributed by atoms with Crippen LogP contribution in [0.5, 0.6) is 5.75 Å². The van der Waals surface area contributed by atoms with Gasteiger partial charge in [0, 0.05) is 24.7 Å². The van der Waals surface area contributed by atoms with E-state index in [1.54, 1.807) is 31.3 Å². The third-order valence-electron chi connectivity index (χ3n) is 8.33. The molecule has 45 heavy (non-hydrogen) atoms. The minimum Gasteiger partial charge on any atom is -0.494 e. The maximum atomic E-state index is 14.4. The van der Waals surface area contributed by atoms with Crippen LogP contribution < -0.4 is 10.1 Å². The van der Waals surface area contributed by atoms with E-state index < -0.39 is 35.8 Å². The number of methoxy groups -OCH3 is 1. The third-order valence-corrected chi connectivity index (χ3v) is 8.33. The van der Waals surface area contributed by atoms with Crippen LogP contribution in [0.2, 0.25) is 0 Å². The summed E-state index contributed by atoms with van der Waals surface area (Å²) in [5.74, 6) is -3.57. The number of halogens is 4. The van der Waals surface area contributed by atoms with Crippen molar-refractivity contribution in [3.63, 3.8) is 0 Å². The molecule has 1 saturated heterocycles. The first kappa shape index (κ1) is 31.9. The van der Waals surface area contributed by atoms with E-state index in [9.17, 15) is 32.3 Å². The Balaban J connectivity index is 1.39. The number of benzene rings is 3. The third kappa shape index (κ3) is 7.09. The molecule has 4 aromatic rings. The lowest BCUT2D eigenvalue weighted by Gasteiger charge is -2.32. The summed E-state index contributed by atoms with van der Waals surface area (Å²) in [4.78, 5) is 31.7. The Morgan fingerprint density at radius 1 is 1.07 bits per heavy atom. The Hall–Kier alpha value is -4.51. The Bertz CT molecular complexity index is 1700. The largest absolute Gasteiger partial charge is 0.494 e. The van der Waals surface area contributed by atoms with Crippen molar-refractivity contribution in [3.05, 3.63) is 94.9 Å². The number of nitrogens with zero attached hydrogens (tertiary/aromatic N) is 2.